The minimum atomic E-state index is -2.76. The van der Waals surface area contributed by atoms with Gasteiger partial charge in [0, 0.05) is 6.61 Å². The normalized spacial score (nSPS) is 42.1. The Hall–Kier alpha value is -0.0900. The Kier molecular flexibility index (Phi) is 2.36. The van der Waals surface area contributed by atoms with Gasteiger partial charge in [0.15, 0.2) is 9.84 Å². The molecular weight excluding hydrogens is 188 g/mol. The van der Waals surface area contributed by atoms with E-state index >= 15 is 0 Å². The van der Waals surface area contributed by atoms with E-state index < -0.39 is 9.84 Å². The highest BCUT2D eigenvalue weighted by molar-refractivity contribution is 7.93. The summed E-state index contributed by atoms with van der Waals surface area (Å²) in [5.74, 6) is 0.450. The van der Waals surface area contributed by atoms with Gasteiger partial charge in [0.2, 0.25) is 0 Å². The molecule has 0 spiro atoms. The zero-order valence-corrected chi connectivity index (χ0v) is 8.46. The Morgan fingerprint density at radius 2 is 1.69 bits per heavy atom. The minimum Gasteiger partial charge on any atom is -0.396 e. The standard InChI is InChI=1S/C9H16O3S/c10-4-3-7-5-8-1-2-9(6-7)13(8,11)12/h7-10H,1-6H2. The van der Waals surface area contributed by atoms with Crippen LogP contribution in [0.2, 0.25) is 0 Å². The van der Waals surface area contributed by atoms with Crippen LogP contribution < -0.4 is 0 Å². The van der Waals surface area contributed by atoms with Crippen LogP contribution in [0.15, 0.2) is 0 Å². The first kappa shape index (κ1) is 9.46. The molecule has 3 nitrogen and oxygen atoms in total. The van der Waals surface area contributed by atoms with Crippen molar-refractivity contribution in [2.24, 2.45) is 5.92 Å². The molecule has 0 aromatic rings. The van der Waals surface area contributed by atoms with Gasteiger partial charge in [-0.05, 0) is 38.0 Å². The molecule has 1 N–H and O–H groups in total. The predicted octanol–water partition coefficient (Wildman–Crippen LogP) is 0.725. The summed E-state index contributed by atoms with van der Waals surface area (Å²) in [4.78, 5) is 0. The maximum atomic E-state index is 11.7. The molecule has 0 aliphatic carbocycles. The first-order valence-electron chi connectivity index (χ1n) is 4.98. The van der Waals surface area contributed by atoms with E-state index in [1.165, 1.54) is 0 Å². The summed E-state index contributed by atoms with van der Waals surface area (Å²) in [7, 11) is -2.76. The SMILES string of the molecule is O=S1(=O)C2CCC1CC(CCO)C2. The second kappa shape index (κ2) is 3.24. The summed E-state index contributed by atoms with van der Waals surface area (Å²) < 4.78 is 23.3. The van der Waals surface area contributed by atoms with Gasteiger partial charge >= 0.3 is 0 Å². The zero-order chi connectivity index (χ0) is 9.47. The smallest absolute Gasteiger partial charge is 0.156 e. The van der Waals surface area contributed by atoms with Gasteiger partial charge in [0.1, 0.15) is 0 Å². The maximum Gasteiger partial charge on any atom is 0.156 e. The van der Waals surface area contributed by atoms with Gasteiger partial charge in [0.25, 0.3) is 0 Å². The summed E-state index contributed by atoms with van der Waals surface area (Å²) in [5, 5.41) is 8.63. The average molecular weight is 204 g/mol. The van der Waals surface area contributed by atoms with Crippen LogP contribution in [0, 0.1) is 5.92 Å². The molecule has 13 heavy (non-hydrogen) atoms. The molecule has 2 bridgehead atoms. The molecule has 2 aliphatic heterocycles. The highest BCUT2D eigenvalue weighted by Crippen LogP contribution is 2.41. The largest absolute Gasteiger partial charge is 0.396 e. The third-order valence-corrected chi connectivity index (χ3v) is 6.18. The van der Waals surface area contributed by atoms with E-state index in [-0.39, 0.29) is 17.1 Å². The van der Waals surface area contributed by atoms with E-state index in [0.717, 1.165) is 32.1 Å². The van der Waals surface area contributed by atoms with E-state index in [2.05, 4.69) is 0 Å². The number of sulfone groups is 1. The molecular formula is C9H16O3S. The first-order valence-corrected chi connectivity index (χ1v) is 6.59. The highest BCUT2D eigenvalue weighted by atomic mass is 32.2. The molecule has 4 heteroatoms. The molecule has 2 fully saturated rings. The lowest BCUT2D eigenvalue weighted by Gasteiger charge is -2.27. The molecule has 0 amide bonds. The van der Waals surface area contributed by atoms with Crippen molar-refractivity contribution in [3.63, 3.8) is 0 Å². The lowest BCUT2D eigenvalue weighted by atomic mass is 9.96. The number of aliphatic hydroxyl groups is 1. The molecule has 2 rings (SSSR count). The number of hydrogen-bond donors (Lipinski definition) is 1. The fraction of sp³-hybridized carbons (Fsp3) is 1.00. The molecule has 2 atom stereocenters. The van der Waals surface area contributed by atoms with Crippen LogP contribution >= 0.6 is 0 Å². The van der Waals surface area contributed by atoms with Crippen molar-refractivity contribution in [2.45, 2.75) is 42.6 Å². The molecule has 0 radical (unpaired) electrons. The van der Waals surface area contributed by atoms with E-state index in [0.29, 0.717) is 5.92 Å². The van der Waals surface area contributed by atoms with Crippen LogP contribution in [0.3, 0.4) is 0 Å². The van der Waals surface area contributed by atoms with E-state index in [1.807, 2.05) is 0 Å². The monoisotopic (exact) mass is 204 g/mol. The van der Waals surface area contributed by atoms with Crippen molar-refractivity contribution in [3.05, 3.63) is 0 Å². The lowest BCUT2D eigenvalue weighted by Crippen LogP contribution is -2.33. The second-order valence-corrected chi connectivity index (χ2v) is 6.77. The quantitative estimate of drug-likeness (QED) is 0.721. The van der Waals surface area contributed by atoms with Crippen LogP contribution in [0.4, 0.5) is 0 Å². The second-order valence-electron chi connectivity index (χ2n) is 4.26. The van der Waals surface area contributed by atoms with E-state index in [9.17, 15) is 8.42 Å². The Balaban J connectivity index is 2.11. The summed E-state index contributed by atoms with van der Waals surface area (Å²) in [6.07, 6.45) is 4.07. The molecule has 0 saturated carbocycles. The third-order valence-electron chi connectivity index (χ3n) is 3.47. The van der Waals surface area contributed by atoms with Gasteiger partial charge < -0.3 is 5.11 Å². The van der Waals surface area contributed by atoms with Crippen LogP contribution in [-0.2, 0) is 9.84 Å². The first-order chi connectivity index (χ1) is 6.14. The van der Waals surface area contributed by atoms with Crippen molar-refractivity contribution in [1.82, 2.24) is 0 Å². The number of fused-ring (bicyclic) bond motifs is 2. The van der Waals surface area contributed by atoms with Gasteiger partial charge in [-0.25, -0.2) is 8.42 Å². The van der Waals surface area contributed by atoms with Crippen molar-refractivity contribution >= 4 is 9.84 Å². The fourth-order valence-corrected chi connectivity index (χ4v) is 5.29. The van der Waals surface area contributed by atoms with Crippen molar-refractivity contribution in [1.29, 1.82) is 0 Å². The van der Waals surface area contributed by atoms with E-state index in [4.69, 9.17) is 5.11 Å². The Morgan fingerprint density at radius 1 is 1.15 bits per heavy atom. The van der Waals surface area contributed by atoms with Crippen molar-refractivity contribution < 1.29 is 13.5 Å². The number of hydrogen-bond acceptors (Lipinski definition) is 3. The molecule has 0 aromatic heterocycles. The summed E-state index contributed by atoms with van der Waals surface area (Å²) in [6, 6.07) is 0. The molecule has 2 unspecified atom stereocenters. The van der Waals surface area contributed by atoms with Gasteiger partial charge in [-0.1, -0.05) is 0 Å². The Morgan fingerprint density at radius 3 is 2.15 bits per heavy atom. The van der Waals surface area contributed by atoms with Crippen LogP contribution in [-0.4, -0.2) is 30.6 Å². The minimum absolute atomic E-state index is 0.0807. The summed E-state index contributed by atoms with van der Waals surface area (Å²) in [6.45, 7) is 0.199. The number of rotatable bonds is 2. The van der Waals surface area contributed by atoms with Crippen molar-refractivity contribution in [3.8, 4) is 0 Å². The third kappa shape index (κ3) is 1.50. The van der Waals surface area contributed by atoms with Gasteiger partial charge in [0.05, 0.1) is 10.5 Å². The van der Waals surface area contributed by atoms with Crippen LogP contribution in [0.1, 0.15) is 32.1 Å². The number of aliphatic hydroxyl groups excluding tert-OH is 1. The average Bonchev–Trinajstić information content (AvgIpc) is 2.29. The molecule has 0 aromatic carbocycles. The zero-order valence-electron chi connectivity index (χ0n) is 7.65. The highest BCUT2D eigenvalue weighted by Gasteiger charge is 2.46. The summed E-state index contributed by atoms with van der Waals surface area (Å²) >= 11 is 0. The van der Waals surface area contributed by atoms with Gasteiger partial charge in [-0.3, -0.25) is 0 Å². The van der Waals surface area contributed by atoms with Crippen LogP contribution in [0.25, 0.3) is 0 Å². The van der Waals surface area contributed by atoms with Crippen molar-refractivity contribution in [2.75, 3.05) is 6.61 Å². The molecule has 2 heterocycles. The van der Waals surface area contributed by atoms with Gasteiger partial charge in [-0.2, -0.15) is 0 Å². The van der Waals surface area contributed by atoms with E-state index in [1.54, 1.807) is 0 Å². The molecule has 2 aliphatic rings. The Bertz CT molecular complexity index is 263. The van der Waals surface area contributed by atoms with Crippen LogP contribution in [0.5, 0.6) is 0 Å². The van der Waals surface area contributed by atoms with Gasteiger partial charge in [-0.15, -0.1) is 0 Å². The topological polar surface area (TPSA) is 54.4 Å². The fourth-order valence-electron chi connectivity index (χ4n) is 2.73. The summed E-state index contributed by atoms with van der Waals surface area (Å²) in [5.41, 5.74) is 0. The maximum absolute atomic E-state index is 11.7. The molecule has 2 saturated heterocycles. The Labute approximate surface area is 79.1 Å². The lowest BCUT2D eigenvalue weighted by molar-refractivity contribution is 0.244. The molecule has 76 valence electrons. The predicted molar refractivity (Wildman–Crippen MR) is 50.2 cm³/mol.